The van der Waals surface area contributed by atoms with Crippen LogP contribution in [0.15, 0.2) is 53.4 Å². The number of pyridine rings is 1. The van der Waals surface area contributed by atoms with Crippen molar-refractivity contribution >= 4 is 23.0 Å². The molecule has 182 valence electrons. The summed E-state index contributed by atoms with van der Waals surface area (Å²) in [6, 6.07) is 6.12. The number of nitrogens with zero attached hydrogens (tertiary/aromatic N) is 6. The minimum atomic E-state index is 0.0773. The van der Waals surface area contributed by atoms with Crippen LogP contribution in [0, 0.1) is 13.8 Å². The molecule has 0 atom stereocenters. The molecule has 0 spiro atoms. The second kappa shape index (κ2) is 10.3. The van der Waals surface area contributed by atoms with Crippen LogP contribution < -0.4 is 0 Å². The molecule has 7 heteroatoms. The van der Waals surface area contributed by atoms with Gasteiger partial charge in [0.2, 0.25) is 0 Å². The van der Waals surface area contributed by atoms with Crippen LogP contribution in [0.2, 0.25) is 0 Å². The van der Waals surface area contributed by atoms with Crippen LogP contribution in [0.3, 0.4) is 0 Å². The van der Waals surface area contributed by atoms with Gasteiger partial charge < -0.3 is 4.90 Å². The third-order valence-electron chi connectivity index (χ3n) is 7.13. The molecule has 0 N–H and O–H groups in total. The molecule has 0 bridgehead atoms. The Morgan fingerprint density at radius 1 is 1.23 bits per heavy atom. The summed E-state index contributed by atoms with van der Waals surface area (Å²) in [5.74, 6) is 0.890. The Morgan fingerprint density at radius 2 is 1.97 bits per heavy atom. The number of Topliss-reactive ketones (excluding diaryl/α,β-unsaturated/α-hetero) is 1. The first kappa shape index (κ1) is 24.5. The topological polar surface area (TPSA) is 76.3 Å². The Kier molecular flexibility index (Phi) is 7.24. The maximum atomic E-state index is 11.9. The van der Waals surface area contributed by atoms with Crippen molar-refractivity contribution in [2.75, 3.05) is 13.1 Å². The van der Waals surface area contributed by atoms with Gasteiger partial charge in [0.05, 0.1) is 17.9 Å². The van der Waals surface area contributed by atoms with Crippen LogP contribution in [0.4, 0.5) is 0 Å². The van der Waals surface area contributed by atoms with E-state index in [1.165, 1.54) is 5.57 Å². The van der Waals surface area contributed by atoms with E-state index in [1.807, 2.05) is 56.1 Å². The second-order valence-electron chi connectivity index (χ2n) is 9.17. The number of benzene rings is 1. The summed E-state index contributed by atoms with van der Waals surface area (Å²) in [6.45, 7) is 15.7. The minimum absolute atomic E-state index is 0.0773. The van der Waals surface area contributed by atoms with Crippen LogP contribution in [-0.2, 0) is 0 Å². The fourth-order valence-electron chi connectivity index (χ4n) is 4.71. The molecule has 0 radical (unpaired) electrons. The van der Waals surface area contributed by atoms with Gasteiger partial charge in [-0.25, -0.2) is 9.67 Å². The lowest BCUT2D eigenvalue weighted by atomic mass is 9.94. The molecule has 4 rings (SSSR count). The van der Waals surface area contributed by atoms with Gasteiger partial charge in [-0.05, 0) is 69.7 Å². The number of hydrogen-bond acceptors (Lipinski definition) is 6. The number of carbonyl (C=O) groups excluding carboxylic acids is 1. The van der Waals surface area contributed by atoms with Crippen LogP contribution in [0.1, 0.15) is 67.6 Å². The van der Waals surface area contributed by atoms with E-state index < -0.39 is 0 Å². The highest BCUT2D eigenvalue weighted by Gasteiger charge is 2.24. The fraction of sp³-hybridized carbons (Fsp3) is 0.393. The third-order valence-corrected chi connectivity index (χ3v) is 7.13. The van der Waals surface area contributed by atoms with Crippen molar-refractivity contribution in [2.45, 2.75) is 59.9 Å². The Bertz CT molecular complexity index is 1320. The quantitative estimate of drug-likeness (QED) is 0.320. The zero-order chi connectivity index (χ0) is 25.1. The number of piperidine rings is 1. The Hall–Kier alpha value is -3.61. The lowest BCUT2D eigenvalue weighted by molar-refractivity contribution is 0.101. The molecule has 0 aliphatic carbocycles. The predicted molar refractivity (Wildman–Crippen MR) is 142 cm³/mol. The summed E-state index contributed by atoms with van der Waals surface area (Å²) >= 11 is 0. The highest BCUT2D eigenvalue weighted by molar-refractivity contribution is 5.96. The first-order valence-corrected chi connectivity index (χ1v) is 12.3. The second-order valence-corrected chi connectivity index (χ2v) is 9.17. The van der Waals surface area contributed by atoms with Gasteiger partial charge in [-0.3, -0.25) is 9.78 Å². The van der Waals surface area contributed by atoms with Crippen molar-refractivity contribution in [1.29, 1.82) is 0 Å². The van der Waals surface area contributed by atoms with Crippen LogP contribution >= 0.6 is 0 Å². The van der Waals surface area contributed by atoms with Crippen LogP contribution in [0.5, 0.6) is 0 Å². The van der Waals surface area contributed by atoms with Gasteiger partial charge in [0.15, 0.2) is 5.78 Å². The molecule has 3 heterocycles. The molecule has 35 heavy (non-hydrogen) atoms. The fourth-order valence-corrected chi connectivity index (χ4v) is 4.71. The van der Waals surface area contributed by atoms with Gasteiger partial charge in [0, 0.05) is 30.4 Å². The molecular formula is C28H34N6O. The van der Waals surface area contributed by atoms with Crippen molar-refractivity contribution in [3.63, 3.8) is 0 Å². The molecule has 0 amide bonds. The van der Waals surface area contributed by atoms with E-state index in [0.717, 1.165) is 77.2 Å². The van der Waals surface area contributed by atoms with Crippen molar-refractivity contribution in [3.05, 3.63) is 65.1 Å². The van der Waals surface area contributed by atoms with Crippen LogP contribution in [-0.4, -0.2) is 50.0 Å². The number of carbonyl (C=O) groups is 1. The highest BCUT2D eigenvalue weighted by Crippen LogP contribution is 2.30. The van der Waals surface area contributed by atoms with Gasteiger partial charge in [-0.1, -0.05) is 36.9 Å². The third kappa shape index (κ3) is 4.94. The number of fused-ring (bicyclic) bond motifs is 1. The normalized spacial score (nSPS) is 15.3. The SMILES string of the molecule is C=C(/N=C\C(=C/C)CC)N1CCC(n2nnc3cc(-c4ccc(C(C)=O)c(C)c4C)ncc32)CC1. The van der Waals surface area contributed by atoms with Crippen LogP contribution in [0.25, 0.3) is 22.3 Å². The molecule has 1 aliphatic rings. The number of allylic oxidation sites excluding steroid dienone is 2. The molecule has 2 aromatic heterocycles. The first-order valence-electron chi connectivity index (χ1n) is 12.3. The Morgan fingerprint density at radius 3 is 2.63 bits per heavy atom. The number of likely N-dealkylation sites (tertiary alicyclic amines) is 1. The molecule has 3 aromatic rings. The standard InChI is InChI=1S/C28H34N6O/c1-7-22(8-2)16-29-21(6)33-13-11-23(12-14-33)34-28-17-30-26(15-27(28)31-32-34)25-10-9-24(20(5)35)18(3)19(25)4/h7,9-10,15-17,23H,6,8,11-14H2,1-5H3/b22-7-,29-16-. The van der Waals surface area contributed by atoms with Crippen molar-refractivity contribution < 1.29 is 4.79 Å². The lowest BCUT2D eigenvalue weighted by Gasteiger charge is -2.33. The molecule has 1 saturated heterocycles. The summed E-state index contributed by atoms with van der Waals surface area (Å²) in [7, 11) is 0. The molecule has 1 fully saturated rings. The van der Waals surface area contributed by atoms with E-state index in [9.17, 15) is 4.79 Å². The summed E-state index contributed by atoms with van der Waals surface area (Å²) in [5, 5.41) is 8.94. The zero-order valence-electron chi connectivity index (χ0n) is 21.4. The maximum absolute atomic E-state index is 11.9. The Balaban J connectivity index is 1.50. The zero-order valence-corrected chi connectivity index (χ0v) is 21.4. The molecule has 1 aromatic carbocycles. The largest absolute Gasteiger partial charge is 0.357 e. The van der Waals surface area contributed by atoms with E-state index in [2.05, 4.69) is 39.8 Å². The molecular weight excluding hydrogens is 436 g/mol. The number of aromatic nitrogens is 4. The predicted octanol–water partition coefficient (Wildman–Crippen LogP) is 5.85. The highest BCUT2D eigenvalue weighted by atomic mass is 16.1. The number of aliphatic imine (C=N–C) groups is 1. The van der Waals surface area contributed by atoms with E-state index in [4.69, 9.17) is 4.98 Å². The summed E-state index contributed by atoms with van der Waals surface area (Å²) in [6.07, 6.45) is 8.74. The smallest absolute Gasteiger partial charge is 0.160 e. The van der Waals surface area contributed by atoms with Gasteiger partial charge in [0.1, 0.15) is 16.9 Å². The van der Waals surface area contributed by atoms with Crippen molar-refractivity contribution in [3.8, 4) is 11.3 Å². The van der Waals surface area contributed by atoms with Gasteiger partial charge >= 0.3 is 0 Å². The summed E-state index contributed by atoms with van der Waals surface area (Å²) in [5.41, 5.74) is 7.66. The van der Waals surface area contributed by atoms with E-state index >= 15 is 0 Å². The number of rotatable bonds is 7. The number of hydrogen-bond donors (Lipinski definition) is 0. The monoisotopic (exact) mass is 470 g/mol. The van der Waals surface area contributed by atoms with E-state index in [1.54, 1.807) is 6.92 Å². The molecule has 7 nitrogen and oxygen atoms in total. The van der Waals surface area contributed by atoms with Gasteiger partial charge in [0.25, 0.3) is 0 Å². The lowest BCUT2D eigenvalue weighted by Crippen LogP contribution is -2.33. The Labute approximate surface area is 207 Å². The van der Waals surface area contributed by atoms with E-state index in [-0.39, 0.29) is 11.8 Å². The van der Waals surface area contributed by atoms with Crippen molar-refractivity contribution in [1.82, 2.24) is 24.9 Å². The van der Waals surface area contributed by atoms with Crippen molar-refractivity contribution in [2.24, 2.45) is 4.99 Å². The van der Waals surface area contributed by atoms with Gasteiger partial charge in [-0.2, -0.15) is 0 Å². The minimum Gasteiger partial charge on any atom is -0.357 e. The molecule has 1 aliphatic heterocycles. The number of ketones is 1. The average Bonchev–Trinajstić information content (AvgIpc) is 3.29. The molecule has 0 unspecified atom stereocenters. The summed E-state index contributed by atoms with van der Waals surface area (Å²) in [4.78, 5) is 23.4. The first-order chi connectivity index (χ1) is 16.8. The average molecular weight is 471 g/mol. The summed E-state index contributed by atoms with van der Waals surface area (Å²) < 4.78 is 2.02. The van der Waals surface area contributed by atoms with Gasteiger partial charge in [-0.15, -0.1) is 5.10 Å². The molecule has 0 saturated carbocycles. The maximum Gasteiger partial charge on any atom is 0.160 e. The van der Waals surface area contributed by atoms with E-state index in [0.29, 0.717) is 0 Å².